The molecule has 1 rings (SSSR count). The average Bonchev–Trinajstić information content (AvgIpc) is 1.94. The van der Waals surface area contributed by atoms with Gasteiger partial charge in [0.25, 0.3) is 0 Å². The minimum Gasteiger partial charge on any atom is -0.204 e. The second-order valence-electron chi connectivity index (χ2n) is 4.49. The maximum absolute atomic E-state index is 12.8. The zero-order chi connectivity index (χ0) is 10.1. The van der Waals surface area contributed by atoms with Crippen LogP contribution in [0, 0.1) is 17.0 Å². The molecule has 0 saturated carbocycles. The highest BCUT2D eigenvalue weighted by Crippen LogP contribution is 2.21. The van der Waals surface area contributed by atoms with Gasteiger partial charge in [0.1, 0.15) is 0 Å². The van der Waals surface area contributed by atoms with Crippen LogP contribution in [0.2, 0.25) is 0 Å². The van der Waals surface area contributed by atoms with Crippen molar-refractivity contribution in [2.75, 3.05) is 0 Å². The van der Waals surface area contributed by atoms with Gasteiger partial charge < -0.3 is 0 Å². The fraction of sp³-hybridized carbons (Fsp3) is 0.455. The molecule has 0 aliphatic heterocycles. The molecule has 1 aromatic carbocycles. The Bertz CT molecular complexity index is 297. The van der Waals surface area contributed by atoms with Gasteiger partial charge in [0.05, 0.1) is 0 Å². The Labute approximate surface area is 77.6 Å². The van der Waals surface area contributed by atoms with Crippen LogP contribution in [-0.2, 0) is 6.42 Å². The van der Waals surface area contributed by atoms with Crippen LogP contribution in [0.4, 0.5) is 8.78 Å². The van der Waals surface area contributed by atoms with Crippen molar-refractivity contribution in [3.8, 4) is 0 Å². The first-order valence-corrected chi connectivity index (χ1v) is 4.32. The van der Waals surface area contributed by atoms with Crippen LogP contribution in [0.15, 0.2) is 18.2 Å². The fourth-order valence-electron chi connectivity index (χ4n) is 1.26. The highest BCUT2D eigenvalue weighted by Gasteiger charge is 2.12. The Morgan fingerprint density at radius 1 is 1.08 bits per heavy atom. The van der Waals surface area contributed by atoms with Crippen molar-refractivity contribution in [3.63, 3.8) is 0 Å². The summed E-state index contributed by atoms with van der Waals surface area (Å²) in [6.07, 6.45) is 0.754. The van der Waals surface area contributed by atoms with E-state index in [-0.39, 0.29) is 5.41 Å². The standard InChI is InChI=1S/C11H14F2/c1-11(2,3)7-8-4-5-9(12)10(13)6-8/h4-6H,7H2,1-3H3. The molecule has 0 nitrogen and oxygen atoms in total. The molecule has 0 unspecified atom stereocenters. The SMILES string of the molecule is CC(C)(C)Cc1ccc(F)c(F)c1. The lowest BCUT2D eigenvalue weighted by Crippen LogP contribution is -2.09. The molecular weight excluding hydrogens is 170 g/mol. The Morgan fingerprint density at radius 3 is 2.15 bits per heavy atom. The zero-order valence-corrected chi connectivity index (χ0v) is 8.20. The summed E-state index contributed by atoms with van der Waals surface area (Å²) >= 11 is 0. The van der Waals surface area contributed by atoms with Gasteiger partial charge in [0, 0.05) is 0 Å². The van der Waals surface area contributed by atoms with Crippen LogP contribution in [0.3, 0.4) is 0 Å². The highest BCUT2D eigenvalue weighted by atomic mass is 19.2. The fourth-order valence-corrected chi connectivity index (χ4v) is 1.26. The maximum Gasteiger partial charge on any atom is 0.159 e. The van der Waals surface area contributed by atoms with Gasteiger partial charge in [-0.2, -0.15) is 0 Å². The summed E-state index contributed by atoms with van der Waals surface area (Å²) in [5.74, 6) is -1.54. The van der Waals surface area contributed by atoms with Crippen molar-refractivity contribution < 1.29 is 8.78 Å². The predicted molar refractivity (Wildman–Crippen MR) is 49.5 cm³/mol. The summed E-state index contributed by atoms with van der Waals surface area (Å²) in [7, 11) is 0. The van der Waals surface area contributed by atoms with E-state index in [0.717, 1.165) is 12.0 Å². The molecule has 72 valence electrons. The van der Waals surface area contributed by atoms with E-state index in [2.05, 4.69) is 20.8 Å². The molecule has 0 aliphatic carbocycles. The van der Waals surface area contributed by atoms with Crippen LogP contribution in [0.5, 0.6) is 0 Å². The quantitative estimate of drug-likeness (QED) is 0.626. The van der Waals surface area contributed by atoms with Crippen molar-refractivity contribution in [3.05, 3.63) is 35.4 Å². The average molecular weight is 184 g/mol. The van der Waals surface area contributed by atoms with E-state index in [4.69, 9.17) is 0 Å². The van der Waals surface area contributed by atoms with Crippen LogP contribution >= 0.6 is 0 Å². The first-order valence-electron chi connectivity index (χ1n) is 4.32. The molecule has 13 heavy (non-hydrogen) atoms. The Morgan fingerprint density at radius 2 is 1.69 bits per heavy atom. The van der Waals surface area contributed by atoms with E-state index in [1.54, 1.807) is 6.07 Å². The maximum atomic E-state index is 12.8. The lowest BCUT2D eigenvalue weighted by Gasteiger charge is -2.17. The molecule has 0 heterocycles. The third-order valence-corrected chi connectivity index (χ3v) is 1.72. The van der Waals surface area contributed by atoms with Gasteiger partial charge in [0.15, 0.2) is 11.6 Å². The molecule has 0 atom stereocenters. The summed E-state index contributed by atoms with van der Waals surface area (Å²) in [5, 5.41) is 0. The first-order chi connectivity index (χ1) is 5.88. The molecule has 0 spiro atoms. The Kier molecular flexibility index (Phi) is 2.69. The normalized spacial score (nSPS) is 11.8. The van der Waals surface area contributed by atoms with E-state index in [1.165, 1.54) is 12.1 Å². The van der Waals surface area contributed by atoms with Crippen molar-refractivity contribution in [1.82, 2.24) is 0 Å². The lowest BCUT2D eigenvalue weighted by molar-refractivity contribution is 0.409. The number of rotatable bonds is 1. The number of benzene rings is 1. The predicted octanol–water partition coefficient (Wildman–Crippen LogP) is 3.55. The summed E-state index contributed by atoms with van der Waals surface area (Å²) in [5.41, 5.74) is 0.941. The van der Waals surface area contributed by atoms with Crippen LogP contribution in [-0.4, -0.2) is 0 Å². The summed E-state index contributed by atoms with van der Waals surface area (Å²) in [6, 6.07) is 4.07. The minimum atomic E-state index is -0.780. The van der Waals surface area contributed by atoms with E-state index >= 15 is 0 Å². The zero-order valence-electron chi connectivity index (χ0n) is 8.20. The van der Waals surface area contributed by atoms with Gasteiger partial charge in [-0.15, -0.1) is 0 Å². The molecule has 0 saturated heterocycles. The first kappa shape index (κ1) is 10.2. The molecule has 0 radical (unpaired) electrons. The van der Waals surface area contributed by atoms with Crippen molar-refractivity contribution >= 4 is 0 Å². The molecule has 0 N–H and O–H groups in total. The lowest BCUT2D eigenvalue weighted by atomic mass is 9.88. The van der Waals surface area contributed by atoms with Gasteiger partial charge >= 0.3 is 0 Å². The van der Waals surface area contributed by atoms with Gasteiger partial charge in [-0.3, -0.25) is 0 Å². The van der Waals surface area contributed by atoms with Crippen molar-refractivity contribution in [1.29, 1.82) is 0 Å². The third-order valence-electron chi connectivity index (χ3n) is 1.72. The molecule has 0 amide bonds. The van der Waals surface area contributed by atoms with E-state index < -0.39 is 11.6 Å². The highest BCUT2D eigenvalue weighted by molar-refractivity contribution is 5.18. The molecular formula is C11H14F2. The Hall–Kier alpha value is -0.920. The molecule has 0 aliphatic rings. The molecule has 0 fully saturated rings. The molecule has 0 aromatic heterocycles. The number of halogens is 2. The van der Waals surface area contributed by atoms with E-state index in [0.29, 0.717) is 0 Å². The third kappa shape index (κ3) is 3.13. The van der Waals surface area contributed by atoms with Gasteiger partial charge in [-0.05, 0) is 29.5 Å². The minimum absolute atomic E-state index is 0.101. The number of hydrogen-bond donors (Lipinski definition) is 0. The van der Waals surface area contributed by atoms with Gasteiger partial charge in [-0.25, -0.2) is 8.78 Å². The van der Waals surface area contributed by atoms with Crippen LogP contribution in [0.25, 0.3) is 0 Å². The van der Waals surface area contributed by atoms with Crippen LogP contribution in [0.1, 0.15) is 26.3 Å². The second-order valence-corrected chi connectivity index (χ2v) is 4.49. The summed E-state index contributed by atoms with van der Waals surface area (Å²) in [4.78, 5) is 0. The summed E-state index contributed by atoms with van der Waals surface area (Å²) in [6.45, 7) is 6.19. The van der Waals surface area contributed by atoms with E-state index in [1.807, 2.05) is 0 Å². The van der Waals surface area contributed by atoms with Crippen LogP contribution < -0.4 is 0 Å². The number of hydrogen-bond acceptors (Lipinski definition) is 0. The molecule has 0 bridgehead atoms. The van der Waals surface area contributed by atoms with Gasteiger partial charge in [0.2, 0.25) is 0 Å². The van der Waals surface area contributed by atoms with Crippen molar-refractivity contribution in [2.24, 2.45) is 5.41 Å². The smallest absolute Gasteiger partial charge is 0.159 e. The summed E-state index contributed by atoms with van der Waals surface area (Å²) < 4.78 is 25.3. The van der Waals surface area contributed by atoms with E-state index in [9.17, 15) is 8.78 Å². The van der Waals surface area contributed by atoms with Crippen molar-refractivity contribution in [2.45, 2.75) is 27.2 Å². The molecule has 2 heteroatoms. The Balaban J connectivity index is 2.86. The largest absolute Gasteiger partial charge is 0.204 e. The second kappa shape index (κ2) is 3.44. The monoisotopic (exact) mass is 184 g/mol. The molecule has 1 aromatic rings. The van der Waals surface area contributed by atoms with Gasteiger partial charge in [-0.1, -0.05) is 26.8 Å². The topological polar surface area (TPSA) is 0 Å².